The molecule has 1 aromatic rings. The Balaban J connectivity index is 2.00. The van der Waals surface area contributed by atoms with Gasteiger partial charge in [0.25, 0.3) is 0 Å². The van der Waals surface area contributed by atoms with Crippen LogP contribution in [-0.4, -0.2) is 57.7 Å². The van der Waals surface area contributed by atoms with Crippen molar-refractivity contribution in [3.05, 3.63) is 35.4 Å². The van der Waals surface area contributed by atoms with E-state index < -0.39 is 45.9 Å². The van der Waals surface area contributed by atoms with Gasteiger partial charge in [-0.1, -0.05) is 6.07 Å². The van der Waals surface area contributed by atoms with Crippen molar-refractivity contribution in [2.24, 2.45) is 5.92 Å². The van der Waals surface area contributed by atoms with Gasteiger partial charge >= 0.3 is 0 Å². The molecule has 1 fully saturated rings. The molecule has 0 bridgehead atoms. The molecule has 0 spiro atoms. The number of hydrogen-bond donors (Lipinski definition) is 1. The summed E-state index contributed by atoms with van der Waals surface area (Å²) in [6, 6.07) is 2.87. The van der Waals surface area contributed by atoms with Gasteiger partial charge in [0.15, 0.2) is 0 Å². The zero-order valence-electron chi connectivity index (χ0n) is 13.5. The normalized spacial score (nSPS) is 21.2. The summed E-state index contributed by atoms with van der Waals surface area (Å²) in [7, 11) is -0.580. The van der Waals surface area contributed by atoms with Crippen LogP contribution in [0, 0.1) is 17.6 Å². The van der Waals surface area contributed by atoms with Crippen LogP contribution >= 0.6 is 0 Å². The SMILES string of the molecule is CN(C)S(=O)(=O)C[C@@H]1COC[C@H]1NC(=O)Cc1c(F)cccc1F. The van der Waals surface area contributed by atoms with Crippen LogP contribution < -0.4 is 5.32 Å². The lowest BCUT2D eigenvalue weighted by Gasteiger charge is -2.21. The van der Waals surface area contributed by atoms with Crippen molar-refractivity contribution in [3.8, 4) is 0 Å². The summed E-state index contributed by atoms with van der Waals surface area (Å²) in [5, 5.41) is 2.61. The highest BCUT2D eigenvalue weighted by Crippen LogP contribution is 2.18. The first-order chi connectivity index (χ1) is 11.2. The molecule has 9 heteroatoms. The molecule has 2 rings (SSSR count). The highest BCUT2D eigenvalue weighted by Gasteiger charge is 2.34. The monoisotopic (exact) mass is 362 g/mol. The predicted molar refractivity (Wildman–Crippen MR) is 83.8 cm³/mol. The molecule has 1 saturated heterocycles. The maximum atomic E-state index is 13.6. The minimum atomic E-state index is -3.44. The Labute approximate surface area is 139 Å². The number of carbonyl (C=O) groups excluding carboxylic acids is 1. The Morgan fingerprint density at radius 2 is 1.92 bits per heavy atom. The average molecular weight is 362 g/mol. The van der Waals surface area contributed by atoms with Gasteiger partial charge in [0.2, 0.25) is 15.9 Å². The van der Waals surface area contributed by atoms with Crippen LogP contribution in [0.2, 0.25) is 0 Å². The molecule has 1 N–H and O–H groups in total. The summed E-state index contributed by atoms with van der Waals surface area (Å²) >= 11 is 0. The van der Waals surface area contributed by atoms with Crippen LogP contribution in [0.25, 0.3) is 0 Å². The lowest BCUT2D eigenvalue weighted by Crippen LogP contribution is -2.44. The van der Waals surface area contributed by atoms with Crippen molar-refractivity contribution < 1.29 is 26.7 Å². The fraction of sp³-hybridized carbons (Fsp3) is 0.533. The lowest BCUT2D eigenvalue weighted by atomic mass is 10.1. The fourth-order valence-electron chi connectivity index (χ4n) is 2.46. The molecule has 0 saturated carbocycles. The van der Waals surface area contributed by atoms with E-state index in [-0.39, 0.29) is 24.5 Å². The first kappa shape index (κ1) is 18.8. The van der Waals surface area contributed by atoms with E-state index in [0.29, 0.717) is 0 Å². The summed E-state index contributed by atoms with van der Waals surface area (Å²) in [6.07, 6.45) is -0.456. The van der Waals surface area contributed by atoms with Crippen molar-refractivity contribution in [3.63, 3.8) is 0 Å². The number of halogens is 2. The number of ether oxygens (including phenoxy) is 1. The molecule has 0 unspecified atom stereocenters. The molecule has 2 atom stereocenters. The van der Waals surface area contributed by atoms with Gasteiger partial charge in [0.1, 0.15) is 11.6 Å². The van der Waals surface area contributed by atoms with Crippen LogP contribution in [0.1, 0.15) is 5.56 Å². The molecular weight excluding hydrogens is 342 g/mol. The number of nitrogens with one attached hydrogen (secondary N) is 1. The van der Waals surface area contributed by atoms with E-state index in [1.807, 2.05) is 0 Å². The second-order valence-electron chi connectivity index (χ2n) is 5.91. The van der Waals surface area contributed by atoms with E-state index in [1.165, 1.54) is 20.2 Å². The first-order valence-corrected chi connectivity index (χ1v) is 9.02. The third-order valence-electron chi connectivity index (χ3n) is 3.92. The second-order valence-corrected chi connectivity index (χ2v) is 8.14. The predicted octanol–water partition coefficient (Wildman–Crippen LogP) is 0.530. The summed E-state index contributed by atoms with van der Waals surface area (Å²) < 4.78 is 57.4. The van der Waals surface area contributed by atoms with E-state index in [2.05, 4.69) is 5.32 Å². The van der Waals surface area contributed by atoms with E-state index >= 15 is 0 Å². The number of benzene rings is 1. The van der Waals surface area contributed by atoms with Gasteiger partial charge in [-0.05, 0) is 12.1 Å². The second kappa shape index (κ2) is 7.54. The highest BCUT2D eigenvalue weighted by molar-refractivity contribution is 7.89. The number of hydrogen-bond acceptors (Lipinski definition) is 4. The number of sulfonamides is 1. The molecule has 134 valence electrons. The zero-order valence-corrected chi connectivity index (χ0v) is 14.3. The first-order valence-electron chi connectivity index (χ1n) is 7.41. The molecule has 24 heavy (non-hydrogen) atoms. The molecule has 1 aromatic carbocycles. The van der Waals surface area contributed by atoms with Crippen LogP contribution in [-0.2, 0) is 26.0 Å². The summed E-state index contributed by atoms with van der Waals surface area (Å²) in [5.74, 6) is -2.74. The van der Waals surface area contributed by atoms with Crippen molar-refractivity contribution >= 4 is 15.9 Å². The van der Waals surface area contributed by atoms with E-state index in [4.69, 9.17) is 4.74 Å². The van der Waals surface area contributed by atoms with Gasteiger partial charge in [-0.2, -0.15) is 0 Å². The number of nitrogens with zero attached hydrogens (tertiary/aromatic N) is 1. The third-order valence-corrected chi connectivity index (χ3v) is 5.89. The zero-order chi connectivity index (χ0) is 17.9. The van der Waals surface area contributed by atoms with Crippen molar-refractivity contribution in [1.29, 1.82) is 0 Å². The van der Waals surface area contributed by atoms with Crippen molar-refractivity contribution in [1.82, 2.24) is 9.62 Å². The molecule has 1 heterocycles. The summed E-state index contributed by atoms with van der Waals surface area (Å²) in [4.78, 5) is 12.1. The van der Waals surface area contributed by atoms with Gasteiger partial charge < -0.3 is 10.1 Å². The topological polar surface area (TPSA) is 75.7 Å². The van der Waals surface area contributed by atoms with Crippen LogP contribution in [0.15, 0.2) is 18.2 Å². The Bertz CT molecular complexity index is 689. The maximum absolute atomic E-state index is 13.6. The van der Waals surface area contributed by atoms with Gasteiger partial charge in [0.05, 0.1) is 31.4 Å². The molecular formula is C15H20F2N2O4S. The minimum absolute atomic E-state index is 0.166. The summed E-state index contributed by atoms with van der Waals surface area (Å²) in [5.41, 5.74) is -0.314. The highest BCUT2D eigenvalue weighted by atomic mass is 32.2. The standard InChI is InChI=1S/C15H20F2N2O4S/c1-19(2)24(21,22)9-10-7-23-8-14(10)18-15(20)6-11-12(16)4-3-5-13(11)17/h3-5,10,14H,6-9H2,1-2H3,(H,18,20)/t10-,14+/m0/s1. The Hall–Kier alpha value is -1.58. The Kier molecular flexibility index (Phi) is 5.89. The Morgan fingerprint density at radius 1 is 1.29 bits per heavy atom. The van der Waals surface area contributed by atoms with E-state index in [9.17, 15) is 22.0 Å². The maximum Gasteiger partial charge on any atom is 0.224 e. The number of carbonyl (C=O) groups is 1. The van der Waals surface area contributed by atoms with Crippen molar-refractivity contribution in [2.45, 2.75) is 12.5 Å². The lowest BCUT2D eigenvalue weighted by molar-refractivity contribution is -0.121. The van der Waals surface area contributed by atoms with Crippen LogP contribution in [0.4, 0.5) is 8.78 Å². The van der Waals surface area contributed by atoms with Gasteiger partial charge in [0, 0.05) is 25.6 Å². The van der Waals surface area contributed by atoms with Crippen LogP contribution in [0.5, 0.6) is 0 Å². The Morgan fingerprint density at radius 3 is 2.50 bits per heavy atom. The quantitative estimate of drug-likeness (QED) is 0.801. The van der Waals surface area contributed by atoms with E-state index in [0.717, 1.165) is 16.4 Å². The largest absolute Gasteiger partial charge is 0.379 e. The average Bonchev–Trinajstić information content (AvgIpc) is 2.89. The molecule has 0 aromatic heterocycles. The minimum Gasteiger partial charge on any atom is -0.379 e. The molecule has 1 aliphatic heterocycles. The number of rotatable bonds is 6. The van der Waals surface area contributed by atoms with E-state index in [1.54, 1.807) is 0 Å². The van der Waals surface area contributed by atoms with Gasteiger partial charge in [-0.15, -0.1) is 0 Å². The molecule has 6 nitrogen and oxygen atoms in total. The third kappa shape index (κ3) is 4.49. The molecule has 0 radical (unpaired) electrons. The molecule has 0 aliphatic carbocycles. The molecule has 1 amide bonds. The smallest absolute Gasteiger partial charge is 0.224 e. The fourth-order valence-corrected chi connectivity index (χ4v) is 3.63. The van der Waals surface area contributed by atoms with Gasteiger partial charge in [-0.25, -0.2) is 21.5 Å². The van der Waals surface area contributed by atoms with Crippen LogP contribution in [0.3, 0.4) is 0 Å². The van der Waals surface area contributed by atoms with Gasteiger partial charge in [-0.3, -0.25) is 4.79 Å². The summed E-state index contributed by atoms with van der Waals surface area (Å²) in [6.45, 7) is 0.366. The molecule has 1 aliphatic rings. The number of amides is 1. The van der Waals surface area contributed by atoms with Crippen molar-refractivity contribution in [2.75, 3.05) is 33.1 Å².